The van der Waals surface area contributed by atoms with Gasteiger partial charge in [-0.2, -0.15) is 12.6 Å². The molecule has 0 fully saturated rings. The van der Waals surface area contributed by atoms with Gasteiger partial charge in [0.2, 0.25) is 5.91 Å². The lowest BCUT2D eigenvalue weighted by Gasteiger charge is -2.32. The Labute approximate surface area is 190 Å². The third kappa shape index (κ3) is 8.18. The molecule has 3 amide bonds. The first-order valence-electron chi connectivity index (χ1n) is 9.97. The second-order valence-corrected chi connectivity index (χ2v) is 9.58. The van der Waals surface area contributed by atoms with Crippen molar-refractivity contribution in [2.24, 2.45) is 0 Å². The van der Waals surface area contributed by atoms with Crippen LogP contribution in [-0.2, 0) is 14.3 Å². The molecule has 31 heavy (non-hydrogen) atoms. The maximum atomic E-state index is 13.3. The van der Waals surface area contributed by atoms with Crippen LogP contribution in [0.3, 0.4) is 0 Å². The highest BCUT2D eigenvalue weighted by molar-refractivity contribution is 7.80. The Morgan fingerprint density at radius 1 is 1.16 bits per heavy atom. The van der Waals surface area contributed by atoms with Gasteiger partial charge in [0.25, 0.3) is 5.91 Å². The Kier molecular flexibility index (Phi) is 9.00. The van der Waals surface area contributed by atoms with Crippen LogP contribution in [0.4, 0.5) is 4.79 Å². The summed E-state index contributed by atoms with van der Waals surface area (Å²) in [6.45, 7) is 12.5. The Hall–Kier alpha value is -2.66. The number of rotatable bonds is 6. The van der Waals surface area contributed by atoms with Gasteiger partial charge in [-0.3, -0.25) is 14.5 Å². The predicted octanol–water partition coefficient (Wildman–Crippen LogP) is 3.19. The number of carbonyl (C=O) groups excluding carboxylic acids is 3. The number of benzene rings is 1. The van der Waals surface area contributed by atoms with Crippen LogP contribution in [-0.4, -0.2) is 45.7 Å². The van der Waals surface area contributed by atoms with Gasteiger partial charge in [-0.25, -0.2) is 4.79 Å². The van der Waals surface area contributed by atoms with Crippen molar-refractivity contribution in [3.8, 4) is 12.5 Å². The van der Waals surface area contributed by atoms with Gasteiger partial charge in [-0.05, 0) is 59.6 Å². The van der Waals surface area contributed by atoms with Gasteiger partial charge in [0.15, 0.2) is 0 Å². The number of ether oxygens (including phenoxy) is 1. The second kappa shape index (κ2) is 10.6. The van der Waals surface area contributed by atoms with E-state index in [1.165, 1.54) is 0 Å². The molecule has 0 aliphatic rings. The summed E-state index contributed by atoms with van der Waals surface area (Å²) >= 11 is 4.18. The van der Waals surface area contributed by atoms with Gasteiger partial charge in [0, 0.05) is 17.3 Å². The molecule has 7 nitrogen and oxygen atoms in total. The number of terminal acetylenes is 1. The molecule has 2 unspecified atom stereocenters. The van der Waals surface area contributed by atoms with Crippen molar-refractivity contribution in [2.75, 3.05) is 5.75 Å². The lowest BCUT2D eigenvalue weighted by molar-refractivity contribution is -0.138. The number of carbonyl (C=O) groups is 3. The molecule has 0 bridgehead atoms. The molecule has 2 N–H and O–H groups in total. The van der Waals surface area contributed by atoms with Gasteiger partial charge >= 0.3 is 6.09 Å². The molecule has 0 saturated heterocycles. The number of hydrogen-bond acceptors (Lipinski definition) is 5. The smallest absolute Gasteiger partial charge is 0.408 e. The highest BCUT2D eigenvalue weighted by Gasteiger charge is 2.37. The highest BCUT2D eigenvalue weighted by atomic mass is 32.1. The zero-order valence-corrected chi connectivity index (χ0v) is 20.2. The van der Waals surface area contributed by atoms with Crippen molar-refractivity contribution in [1.29, 1.82) is 0 Å². The highest BCUT2D eigenvalue weighted by Crippen LogP contribution is 2.26. The van der Waals surface area contributed by atoms with Gasteiger partial charge < -0.3 is 15.4 Å². The molecule has 1 aromatic carbocycles. The molecule has 0 aliphatic carbocycles. The Bertz CT molecular complexity index is 850. The van der Waals surface area contributed by atoms with E-state index in [1.54, 1.807) is 32.9 Å². The van der Waals surface area contributed by atoms with Crippen molar-refractivity contribution in [2.45, 2.75) is 71.7 Å². The summed E-state index contributed by atoms with van der Waals surface area (Å²) in [5.41, 5.74) is 0.105. The Morgan fingerprint density at radius 3 is 2.19 bits per heavy atom. The van der Waals surface area contributed by atoms with Crippen LogP contribution in [0, 0.1) is 19.4 Å². The minimum atomic E-state index is -1.08. The predicted molar refractivity (Wildman–Crippen MR) is 125 cm³/mol. The van der Waals surface area contributed by atoms with Crippen molar-refractivity contribution < 1.29 is 19.1 Å². The largest absolute Gasteiger partial charge is 0.444 e. The zero-order chi connectivity index (χ0) is 24.0. The van der Waals surface area contributed by atoms with Crippen molar-refractivity contribution in [3.63, 3.8) is 0 Å². The lowest BCUT2D eigenvalue weighted by atomic mass is 9.97. The summed E-state index contributed by atoms with van der Waals surface area (Å²) in [6, 6.07) is 7.35. The van der Waals surface area contributed by atoms with Crippen LogP contribution in [0.2, 0.25) is 0 Å². The van der Waals surface area contributed by atoms with Gasteiger partial charge in [0.1, 0.15) is 17.7 Å². The quantitative estimate of drug-likeness (QED) is 0.355. The number of aryl methyl sites for hydroxylation is 1. The van der Waals surface area contributed by atoms with E-state index in [0.29, 0.717) is 5.56 Å². The van der Waals surface area contributed by atoms with Gasteiger partial charge in [-0.1, -0.05) is 30.7 Å². The minimum absolute atomic E-state index is 0.0301. The van der Waals surface area contributed by atoms with Crippen LogP contribution in [0.15, 0.2) is 24.3 Å². The maximum absolute atomic E-state index is 13.3. The van der Waals surface area contributed by atoms with E-state index in [2.05, 4.69) is 29.3 Å². The molecule has 2 atom stereocenters. The number of amides is 3. The van der Waals surface area contributed by atoms with E-state index in [1.807, 2.05) is 39.8 Å². The first-order chi connectivity index (χ1) is 14.2. The van der Waals surface area contributed by atoms with Crippen molar-refractivity contribution in [1.82, 2.24) is 15.5 Å². The number of thiol groups is 1. The van der Waals surface area contributed by atoms with Gasteiger partial charge in [-0.15, -0.1) is 0 Å². The van der Waals surface area contributed by atoms with Gasteiger partial charge in [0.05, 0.1) is 0 Å². The summed E-state index contributed by atoms with van der Waals surface area (Å²) in [5.74, 6) is -1.10. The fraction of sp³-hybridized carbons (Fsp3) is 0.522. The average molecular weight is 448 g/mol. The van der Waals surface area contributed by atoms with Crippen LogP contribution in [0.5, 0.6) is 0 Å². The molecular formula is C23H33N3O4S. The third-order valence-electron chi connectivity index (χ3n) is 4.04. The Balaban J connectivity index is 3.32. The van der Waals surface area contributed by atoms with Crippen LogP contribution in [0.25, 0.3) is 0 Å². The minimum Gasteiger partial charge on any atom is -0.444 e. The lowest BCUT2D eigenvalue weighted by Crippen LogP contribution is -2.54. The molecular weight excluding hydrogens is 414 g/mol. The standard InChI is InChI=1S/C23H33N3O4S/c1-9-26(20(28)17(14-31)24-21(29)30-23(6,7)8)18(19(27)25-22(3,4)5)16-13-11-10-12-15(16)2/h1,10-13,17-18,31H,14H2,2-8H3,(H,24,29)(H,25,27). The normalized spacial score (nSPS) is 13.4. The van der Waals surface area contributed by atoms with Crippen LogP contribution >= 0.6 is 12.6 Å². The first-order valence-corrected chi connectivity index (χ1v) is 10.6. The van der Waals surface area contributed by atoms with Crippen LogP contribution < -0.4 is 10.6 Å². The van der Waals surface area contributed by atoms with Crippen molar-refractivity contribution >= 4 is 30.5 Å². The number of nitrogens with zero attached hydrogens (tertiary/aromatic N) is 1. The molecule has 1 rings (SSSR count). The molecule has 0 heterocycles. The summed E-state index contributed by atoms with van der Waals surface area (Å²) in [5, 5.41) is 5.37. The summed E-state index contributed by atoms with van der Waals surface area (Å²) in [4.78, 5) is 39.7. The fourth-order valence-electron chi connectivity index (χ4n) is 2.80. The summed E-state index contributed by atoms with van der Waals surface area (Å²) in [6.07, 6.45) is 4.92. The number of hydrogen-bond donors (Lipinski definition) is 3. The van der Waals surface area contributed by atoms with E-state index in [-0.39, 0.29) is 5.75 Å². The average Bonchev–Trinajstić information content (AvgIpc) is 2.61. The van der Waals surface area contributed by atoms with E-state index in [0.717, 1.165) is 10.5 Å². The first kappa shape index (κ1) is 26.4. The zero-order valence-electron chi connectivity index (χ0n) is 19.3. The summed E-state index contributed by atoms with van der Waals surface area (Å²) < 4.78 is 5.23. The third-order valence-corrected chi connectivity index (χ3v) is 4.40. The SMILES string of the molecule is C#CN(C(=O)C(CS)NC(=O)OC(C)(C)C)C(C(=O)NC(C)(C)C)c1ccccc1C. The van der Waals surface area contributed by atoms with Crippen LogP contribution in [0.1, 0.15) is 58.7 Å². The molecule has 8 heteroatoms. The maximum Gasteiger partial charge on any atom is 0.408 e. The second-order valence-electron chi connectivity index (χ2n) is 9.22. The van der Waals surface area contributed by atoms with E-state index >= 15 is 0 Å². The van der Waals surface area contributed by atoms with E-state index in [4.69, 9.17) is 11.2 Å². The molecule has 0 aromatic heterocycles. The Morgan fingerprint density at radius 2 is 1.74 bits per heavy atom. The van der Waals surface area contributed by atoms with E-state index < -0.39 is 41.1 Å². The number of nitrogens with one attached hydrogen (secondary N) is 2. The molecule has 170 valence electrons. The number of alkyl carbamates (subject to hydrolysis) is 1. The van der Waals surface area contributed by atoms with Crippen molar-refractivity contribution in [3.05, 3.63) is 35.4 Å². The molecule has 0 saturated carbocycles. The molecule has 0 radical (unpaired) electrons. The molecule has 0 aliphatic heterocycles. The monoisotopic (exact) mass is 447 g/mol. The molecule has 0 spiro atoms. The molecule has 1 aromatic rings. The topological polar surface area (TPSA) is 87.7 Å². The fourth-order valence-corrected chi connectivity index (χ4v) is 3.05. The van der Waals surface area contributed by atoms with E-state index in [9.17, 15) is 14.4 Å². The summed E-state index contributed by atoms with van der Waals surface area (Å²) in [7, 11) is 0.